The van der Waals surface area contributed by atoms with E-state index in [4.69, 9.17) is 9.26 Å². The van der Waals surface area contributed by atoms with Gasteiger partial charge in [-0.2, -0.15) is 4.98 Å². The summed E-state index contributed by atoms with van der Waals surface area (Å²) in [5.74, 6) is 0.746. The normalized spacial score (nSPS) is 13.0. The van der Waals surface area contributed by atoms with E-state index in [0.717, 1.165) is 16.4 Å². The van der Waals surface area contributed by atoms with Crippen molar-refractivity contribution in [2.75, 3.05) is 23.9 Å². The third-order valence-corrected chi connectivity index (χ3v) is 6.37. The Labute approximate surface area is 197 Å². The highest BCUT2D eigenvalue weighted by atomic mass is 32.1. The number of carbonyl (C=O) groups excluding carboxylic acids is 1. The molecule has 2 N–H and O–H groups in total. The van der Waals surface area contributed by atoms with Crippen LogP contribution in [0.2, 0.25) is 0 Å². The van der Waals surface area contributed by atoms with Crippen LogP contribution in [-0.4, -0.2) is 44.4 Å². The van der Waals surface area contributed by atoms with Gasteiger partial charge >= 0.3 is 12.0 Å². The first-order valence-electron chi connectivity index (χ1n) is 10.4. The molecule has 4 aromatic rings. The van der Waals surface area contributed by atoms with Crippen molar-refractivity contribution in [1.82, 2.24) is 30.0 Å². The molecule has 13 heteroatoms. The van der Waals surface area contributed by atoms with E-state index in [-0.39, 0.29) is 11.8 Å². The molecule has 5 rings (SSSR count). The number of nitrogens with zero attached hydrogens (tertiary/aromatic N) is 6. The molecule has 0 fully saturated rings. The maximum absolute atomic E-state index is 13.7. The van der Waals surface area contributed by atoms with Crippen molar-refractivity contribution in [1.29, 1.82) is 0 Å². The summed E-state index contributed by atoms with van der Waals surface area (Å²) in [5, 5.41) is 10.1. The van der Waals surface area contributed by atoms with Gasteiger partial charge in [-0.05, 0) is 18.2 Å². The summed E-state index contributed by atoms with van der Waals surface area (Å²) < 4.78 is 26.0. The van der Waals surface area contributed by atoms with Crippen LogP contribution in [0.1, 0.15) is 16.4 Å². The smallest absolute Gasteiger partial charge is 0.324 e. The number of nitrogens with one attached hydrogen (secondary N) is 2. The average Bonchev–Trinajstić information content (AvgIpc) is 3.57. The first kappa shape index (κ1) is 21.8. The molecular formula is C21H21FN8O3S. The molecule has 3 aromatic heterocycles. The fraction of sp³-hybridized carbons (Fsp3) is 0.286. The number of ether oxygens (including phenoxy) is 1. The number of benzene rings is 1. The number of rotatable bonds is 6. The second kappa shape index (κ2) is 9.09. The lowest BCUT2D eigenvalue weighted by Crippen LogP contribution is -2.30. The predicted molar refractivity (Wildman–Crippen MR) is 122 cm³/mol. The third kappa shape index (κ3) is 4.41. The van der Waals surface area contributed by atoms with Crippen molar-refractivity contribution in [3.8, 4) is 17.1 Å². The standard InChI is InChI=1S/C21H21FN8O3S/c1-29-8-6-23-17(29)10-24-19(31)27-20-25-14-5-7-30(11-16(14)34-20)21-26-18(28-33-21)12-3-4-13(22)15(9-12)32-2/h3-4,6,8-9H,5,7,10-11H2,1-2H3,(H2,24,25,27,31). The minimum atomic E-state index is -0.460. The number of methoxy groups -OCH3 is 1. The lowest BCUT2D eigenvalue weighted by molar-refractivity contribution is 0.251. The molecule has 0 radical (unpaired) electrons. The number of anilines is 2. The number of amides is 2. The second-order valence-electron chi connectivity index (χ2n) is 7.57. The SMILES string of the molecule is COc1cc(-c2noc(N3CCc4nc(NC(=O)NCc5nccn5C)sc4C3)n2)ccc1F. The summed E-state index contributed by atoms with van der Waals surface area (Å²) in [6.07, 6.45) is 4.17. The van der Waals surface area contributed by atoms with Crippen LogP contribution in [0.5, 0.6) is 5.75 Å². The maximum Gasteiger partial charge on any atom is 0.324 e. The van der Waals surface area contributed by atoms with Crippen LogP contribution in [0.3, 0.4) is 0 Å². The minimum absolute atomic E-state index is 0.111. The van der Waals surface area contributed by atoms with E-state index in [0.29, 0.717) is 48.6 Å². The van der Waals surface area contributed by atoms with Gasteiger partial charge in [0.1, 0.15) is 5.82 Å². The van der Waals surface area contributed by atoms with Gasteiger partial charge in [0.2, 0.25) is 5.82 Å². The molecule has 2 amide bonds. The largest absolute Gasteiger partial charge is 0.494 e. The molecule has 1 aliphatic heterocycles. The Morgan fingerprint density at radius 3 is 3.03 bits per heavy atom. The van der Waals surface area contributed by atoms with E-state index < -0.39 is 5.82 Å². The van der Waals surface area contributed by atoms with E-state index in [9.17, 15) is 9.18 Å². The van der Waals surface area contributed by atoms with Gasteiger partial charge in [-0.1, -0.05) is 16.5 Å². The van der Waals surface area contributed by atoms with Gasteiger partial charge in [-0.15, -0.1) is 0 Å². The fourth-order valence-corrected chi connectivity index (χ4v) is 4.56. The van der Waals surface area contributed by atoms with Gasteiger partial charge < -0.3 is 24.0 Å². The lowest BCUT2D eigenvalue weighted by atomic mass is 10.2. The predicted octanol–water partition coefficient (Wildman–Crippen LogP) is 2.96. The Kier molecular flexibility index (Phi) is 5.84. The number of aryl methyl sites for hydroxylation is 1. The molecule has 176 valence electrons. The highest BCUT2D eigenvalue weighted by molar-refractivity contribution is 7.15. The van der Waals surface area contributed by atoms with Gasteiger partial charge in [-0.25, -0.2) is 19.2 Å². The first-order chi connectivity index (χ1) is 16.5. The van der Waals surface area contributed by atoms with Crippen LogP contribution >= 0.6 is 11.3 Å². The Bertz CT molecular complexity index is 1330. The van der Waals surface area contributed by atoms with Crippen LogP contribution < -0.4 is 20.3 Å². The molecule has 0 saturated heterocycles. The quantitative estimate of drug-likeness (QED) is 0.428. The Morgan fingerprint density at radius 2 is 2.24 bits per heavy atom. The summed E-state index contributed by atoms with van der Waals surface area (Å²) >= 11 is 1.40. The van der Waals surface area contributed by atoms with Gasteiger partial charge in [-0.3, -0.25) is 5.32 Å². The molecule has 0 unspecified atom stereocenters. The summed E-state index contributed by atoms with van der Waals surface area (Å²) in [6.45, 7) is 1.47. The first-order valence-corrected chi connectivity index (χ1v) is 11.2. The zero-order valence-corrected chi connectivity index (χ0v) is 19.2. The number of carbonyl (C=O) groups is 1. The zero-order chi connectivity index (χ0) is 23.7. The summed E-state index contributed by atoms with van der Waals surface area (Å²) in [5.41, 5.74) is 1.52. The topological polar surface area (TPSA) is 123 Å². The van der Waals surface area contributed by atoms with Gasteiger partial charge in [0.05, 0.1) is 25.9 Å². The molecule has 0 bridgehead atoms. The highest BCUT2D eigenvalue weighted by Crippen LogP contribution is 2.31. The molecule has 1 aromatic carbocycles. The van der Waals surface area contributed by atoms with Gasteiger partial charge in [0.25, 0.3) is 0 Å². The molecule has 34 heavy (non-hydrogen) atoms. The molecule has 11 nitrogen and oxygen atoms in total. The van der Waals surface area contributed by atoms with E-state index in [1.807, 2.05) is 22.7 Å². The van der Waals surface area contributed by atoms with Crippen molar-refractivity contribution in [2.45, 2.75) is 19.5 Å². The van der Waals surface area contributed by atoms with Gasteiger partial charge in [0.15, 0.2) is 16.7 Å². The van der Waals surface area contributed by atoms with Crippen LogP contribution in [0.4, 0.5) is 20.3 Å². The Balaban J connectivity index is 1.23. The molecule has 0 atom stereocenters. The number of halogens is 1. The van der Waals surface area contributed by atoms with E-state index in [1.54, 1.807) is 12.3 Å². The summed E-state index contributed by atoms with van der Waals surface area (Å²) in [7, 11) is 3.27. The number of thiazole rings is 1. The average molecular weight is 485 g/mol. The van der Waals surface area contributed by atoms with E-state index in [1.165, 1.54) is 30.6 Å². The van der Waals surface area contributed by atoms with Crippen molar-refractivity contribution in [3.05, 3.63) is 52.8 Å². The number of aromatic nitrogens is 5. The highest BCUT2D eigenvalue weighted by Gasteiger charge is 2.25. The lowest BCUT2D eigenvalue weighted by Gasteiger charge is -2.23. The van der Waals surface area contributed by atoms with Crippen molar-refractivity contribution in [3.63, 3.8) is 0 Å². The fourth-order valence-electron chi connectivity index (χ4n) is 3.54. The molecular weight excluding hydrogens is 463 g/mol. The van der Waals surface area contributed by atoms with Crippen LogP contribution in [-0.2, 0) is 26.6 Å². The number of urea groups is 1. The van der Waals surface area contributed by atoms with E-state index >= 15 is 0 Å². The second-order valence-corrected chi connectivity index (χ2v) is 8.66. The minimum Gasteiger partial charge on any atom is -0.494 e. The molecule has 0 saturated carbocycles. The number of hydrogen-bond donors (Lipinski definition) is 2. The number of fused-ring (bicyclic) bond motifs is 1. The Morgan fingerprint density at radius 1 is 1.35 bits per heavy atom. The van der Waals surface area contributed by atoms with Crippen molar-refractivity contribution >= 4 is 28.5 Å². The maximum atomic E-state index is 13.7. The third-order valence-electron chi connectivity index (χ3n) is 5.37. The molecule has 4 heterocycles. The van der Waals surface area contributed by atoms with Crippen LogP contribution in [0.25, 0.3) is 11.4 Å². The molecule has 0 aliphatic carbocycles. The molecule has 1 aliphatic rings. The molecule has 0 spiro atoms. The number of hydrogen-bond acceptors (Lipinski definition) is 9. The van der Waals surface area contributed by atoms with Gasteiger partial charge in [0, 0.05) is 42.8 Å². The van der Waals surface area contributed by atoms with E-state index in [2.05, 4.69) is 30.7 Å². The zero-order valence-electron chi connectivity index (χ0n) is 18.4. The van der Waals surface area contributed by atoms with Crippen molar-refractivity contribution in [2.24, 2.45) is 7.05 Å². The summed E-state index contributed by atoms with van der Waals surface area (Å²) in [4.78, 5) is 28.4. The Hall–Kier alpha value is -4.00. The summed E-state index contributed by atoms with van der Waals surface area (Å²) in [6, 6.07) is 4.41. The van der Waals surface area contributed by atoms with Crippen LogP contribution in [0, 0.1) is 5.82 Å². The van der Waals surface area contributed by atoms with Crippen molar-refractivity contribution < 1.29 is 18.4 Å². The van der Waals surface area contributed by atoms with Crippen LogP contribution in [0.15, 0.2) is 35.1 Å². The monoisotopic (exact) mass is 484 g/mol. The number of imidazole rings is 1.